The lowest BCUT2D eigenvalue weighted by Gasteiger charge is -2.07. The zero-order valence-corrected chi connectivity index (χ0v) is 14.1. The lowest BCUT2D eigenvalue weighted by Crippen LogP contribution is -2.13. The minimum absolute atomic E-state index is 0.0403. The van der Waals surface area contributed by atoms with Gasteiger partial charge in [0.2, 0.25) is 5.91 Å². The molecule has 118 valence electrons. The number of imidazole rings is 1. The fourth-order valence-electron chi connectivity index (χ4n) is 2.23. The van der Waals surface area contributed by atoms with Gasteiger partial charge >= 0.3 is 0 Å². The molecule has 0 radical (unpaired) electrons. The third-order valence-electron chi connectivity index (χ3n) is 3.56. The second-order valence-corrected chi connectivity index (χ2v) is 6.15. The summed E-state index contributed by atoms with van der Waals surface area (Å²) in [6, 6.07) is 8.27. The second-order valence-electron chi connectivity index (χ2n) is 5.31. The summed E-state index contributed by atoms with van der Waals surface area (Å²) in [4.78, 5) is 20.6. The molecule has 0 fully saturated rings. The molecule has 2 aromatic heterocycles. The fourth-order valence-corrected chi connectivity index (χ4v) is 3.12. The number of carbonyl (C=O) groups excluding carboxylic acids is 1. The van der Waals surface area contributed by atoms with Crippen molar-refractivity contribution in [2.75, 3.05) is 5.32 Å². The Morgan fingerprint density at radius 3 is 2.70 bits per heavy atom. The van der Waals surface area contributed by atoms with Gasteiger partial charge < -0.3 is 5.32 Å². The maximum Gasteiger partial charge on any atom is 0.225 e. The summed E-state index contributed by atoms with van der Waals surface area (Å²) in [6.07, 6.45) is 2.09. The van der Waals surface area contributed by atoms with Crippen molar-refractivity contribution in [2.45, 2.75) is 27.2 Å². The number of thiazole rings is 1. The van der Waals surface area contributed by atoms with E-state index >= 15 is 0 Å². The Morgan fingerprint density at radius 2 is 2.00 bits per heavy atom. The van der Waals surface area contributed by atoms with Crippen LogP contribution in [0, 0.1) is 13.8 Å². The van der Waals surface area contributed by atoms with E-state index in [4.69, 9.17) is 4.98 Å². The molecule has 0 bridgehead atoms. The monoisotopic (exact) mass is 326 g/mol. The van der Waals surface area contributed by atoms with Gasteiger partial charge in [-0.2, -0.15) is 0 Å². The summed E-state index contributed by atoms with van der Waals surface area (Å²) >= 11 is 1.53. The topological polar surface area (TPSA) is 59.8 Å². The van der Waals surface area contributed by atoms with Crippen LogP contribution in [0.25, 0.3) is 16.4 Å². The predicted octanol–water partition coefficient (Wildman–Crippen LogP) is 3.96. The molecule has 6 heteroatoms. The largest absolute Gasteiger partial charge is 0.310 e. The number of nitrogens with zero attached hydrogens (tertiary/aromatic N) is 3. The second kappa shape index (κ2) is 6.34. The van der Waals surface area contributed by atoms with E-state index in [1.807, 2.05) is 23.8 Å². The molecule has 0 aliphatic carbocycles. The van der Waals surface area contributed by atoms with Gasteiger partial charge in [0.15, 0.2) is 5.13 Å². The minimum atomic E-state index is -0.0403. The number of rotatable bonds is 4. The van der Waals surface area contributed by atoms with E-state index in [2.05, 4.69) is 41.5 Å². The first-order valence-corrected chi connectivity index (χ1v) is 8.33. The number of anilines is 1. The lowest BCUT2D eigenvalue weighted by atomic mass is 10.1. The summed E-state index contributed by atoms with van der Waals surface area (Å²) in [5, 5.41) is 5.68. The Morgan fingerprint density at radius 1 is 1.26 bits per heavy atom. The van der Waals surface area contributed by atoms with Crippen LogP contribution in [0.5, 0.6) is 0 Å². The van der Waals surface area contributed by atoms with Gasteiger partial charge in [-0.05, 0) is 13.8 Å². The number of aromatic nitrogens is 3. The SMILES string of the molecule is CCC(=O)Nc1cnc(C)n1-c1nc(-c2ccc(C)cc2)cs1. The van der Waals surface area contributed by atoms with Crippen LogP contribution in [-0.2, 0) is 4.79 Å². The first-order valence-electron chi connectivity index (χ1n) is 7.45. The molecular formula is C17H18N4OS. The summed E-state index contributed by atoms with van der Waals surface area (Å²) in [5.41, 5.74) is 3.22. The number of benzene rings is 1. The van der Waals surface area contributed by atoms with E-state index in [0.29, 0.717) is 12.2 Å². The summed E-state index contributed by atoms with van der Waals surface area (Å²) < 4.78 is 1.87. The van der Waals surface area contributed by atoms with Gasteiger partial charge in [-0.1, -0.05) is 36.8 Å². The molecule has 5 nitrogen and oxygen atoms in total. The van der Waals surface area contributed by atoms with Crippen LogP contribution in [0.4, 0.5) is 5.82 Å². The van der Waals surface area contributed by atoms with E-state index in [9.17, 15) is 4.79 Å². The van der Waals surface area contributed by atoms with Crippen LogP contribution in [0.2, 0.25) is 0 Å². The molecule has 0 saturated carbocycles. The molecule has 3 aromatic rings. The summed E-state index contributed by atoms with van der Waals surface area (Å²) in [6.45, 7) is 5.78. The highest BCUT2D eigenvalue weighted by atomic mass is 32.1. The smallest absolute Gasteiger partial charge is 0.225 e. The number of aryl methyl sites for hydroxylation is 2. The van der Waals surface area contributed by atoms with Gasteiger partial charge in [0.25, 0.3) is 0 Å². The van der Waals surface area contributed by atoms with Gasteiger partial charge in [-0.15, -0.1) is 11.3 Å². The zero-order valence-electron chi connectivity index (χ0n) is 13.3. The molecule has 0 atom stereocenters. The van der Waals surface area contributed by atoms with E-state index in [1.54, 1.807) is 6.20 Å². The maximum atomic E-state index is 11.7. The van der Waals surface area contributed by atoms with Crippen LogP contribution in [0.15, 0.2) is 35.8 Å². The van der Waals surface area contributed by atoms with E-state index in [1.165, 1.54) is 16.9 Å². The quantitative estimate of drug-likeness (QED) is 0.789. The Kier molecular flexibility index (Phi) is 4.25. The van der Waals surface area contributed by atoms with Crippen LogP contribution in [0.1, 0.15) is 24.7 Å². The maximum absolute atomic E-state index is 11.7. The standard InChI is InChI=1S/C17H18N4OS/c1-4-16(22)20-15-9-18-12(3)21(15)17-19-14(10-23-17)13-7-5-11(2)6-8-13/h5-10H,4H2,1-3H3,(H,20,22). The normalized spacial score (nSPS) is 10.7. The van der Waals surface area contributed by atoms with E-state index < -0.39 is 0 Å². The van der Waals surface area contributed by atoms with Crippen LogP contribution < -0.4 is 5.32 Å². The molecular weight excluding hydrogens is 308 g/mol. The van der Waals surface area contributed by atoms with Crippen molar-refractivity contribution < 1.29 is 4.79 Å². The highest BCUT2D eigenvalue weighted by molar-refractivity contribution is 7.12. The Hall–Kier alpha value is -2.47. The van der Waals surface area contributed by atoms with Crippen molar-refractivity contribution >= 4 is 23.1 Å². The minimum Gasteiger partial charge on any atom is -0.310 e. The highest BCUT2D eigenvalue weighted by Gasteiger charge is 2.14. The zero-order chi connectivity index (χ0) is 16.4. The van der Waals surface area contributed by atoms with Crippen LogP contribution in [-0.4, -0.2) is 20.4 Å². The van der Waals surface area contributed by atoms with Gasteiger partial charge in [0.1, 0.15) is 11.6 Å². The summed E-state index contributed by atoms with van der Waals surface area (Å²) in [7, 11) is 0. The first-order chi connectivity index (χ1) is 11.1. The van der Waals surface area contributed by atoms with E-state index in [-0.39, 0.29) is 5.91 Å². The van der Waals surface area contributed by atoms with Crippen LogP contribution in [0.3, 0.4) is 0 Å². The number of nitrogens with one attached hydrogen (secondary N) is 1. The molecule has 23 heavy (non-hydrogen) atoms. The number of hydrogen-bond acceptors (Lipinski definition) is 4. The molecule has 0 saturated heterocycles. The van der Waals surface area contributed by atoms with E-state index in [0.717, 1.165) is 22.2 Å². The molecule has 3 rings (SSSR count). The molecule has 0 spiro atoms. The lowest BCUT2D eigenvalue weighted by molar-refractivity contribution is -0.115. The Labute approximate surface area is 139 Å². The average molecular weight is 326 g/mol. The van der Waals surface area contributed by atoms with Crippen molar-refractivity contribution in [3.05, 3.63) is 47.2 Å². The average Bonchev–Trinajstić information content (AvgIpc) is 3.15. The van der Waals surface area contributed by atoms with Crippen LogP contribution >= 0.6 is 11.3 Å². The van der Waals surface area contributed by atoms with Crippen molar-refractivity contribution in [2.24, 2.45) is 0 Å². The molecule has 2 heterocycles. The predicted molar refractivity (Wildman–Crippen MR) is 93.1 cm³/mol. The Bertz CT molecular complexity index is 833. The molecule has 1 aromatic carbocycles. The van der Waals surface area contributed by atoms with Crippen molar-refractivity contribution in [3.63, 3.8) is 0 Å². The van der Waals surface area contributed by atoms with Gasteiger partial charge in [-0.25, -0.2) is 9.97 Å². The number of carbonyl (C=O) groups is 1. The Balaban J connectivity index is 1.96. The third kappa shape index (κ3) is 3.17. The fraction of sp³-hybridized carbons (Fsp3) is 0.235. The highest BCUT2D eigenvalue weighted by Crippen LogP contribution is 2.27. The number of amides is 1. The van der Waals surface area contributed by atoms with Gasteiger partial charge in [-0.3, -0.25) is 9.36 Å². The summed E-state index contributed by atoms with van der Waals surface area (Å²) in [5.74, 6) is 1.40. The third-order valence-corrected chi connectivity index (χ3v) is 4.38. The van der Waals surface area contributed by atoms with Gasteiger partial charge in [0.05, 0.1) is 11.9 Å². The van der Waals surface area contributed by atoms with Crippen molar-refractivity contribution in [3.8, 4) is 16.4 Å². The van der Waals surface area contributed by atoms with Crippen molar-refractivity contribution in [1.29, 1.82) is 0 Å². The molecule has 0 aliphatic heterocycles. The molecule has 1 amide bonds. The first kappa shape index (κ1) is 15.4. The molecule has 0 aliphatic rings. The molecule has 0 unspecified atom stereocenters. The van der Waals surface area contributed by atoms with Crippen molar-refractivity contribution in [1.82, 2.24) is 14.5 Å². The van der Waals surface area contributed by atoms with Gasteiger partial charge in [0, 0.05) is 17.4 Å². The number of hydrogen-bond donors (Lipinski definition) is 1. The molecule has 1 N–H and O–H groups in total.